The molecule has 5 nitrogen and oxygen atoms in total. The lowest BCUT2D eigenvalue weighted by Crippen LogP contribution is -2.33. The van der Waals surface area contributed by atoms with Crippen molar-refractivity contribution < 1.29 is 18.9 Å². The molecule has 2 heterocycles. The minimum Gasteiger partial charge on any atom is -0.491 e. The van der Waals surface area contributed by atoms with Gasteiger partial charge >= 0.3 is 0 Å². The monoisotopic (exact) mass is 353 g/mol. The summed E-state index contributed by atoms with van der Waals surface area (Å²) >= 11 is 0. The molecule has 136 valence electrons. The second-order valence-corrected chi connectivity index (χ2v) is 5.84. The Morgan fingerprint density at radius 1 is 1.19 bits per heavy atom. The molecule has 2 aromatic rings. The molecule has 1 aromatic carbocycles. The second-order valence-electron chi connectivity index (χ2n) is 5.84. The normalized spacial score (nSPS) is 16.5. The first-order valence-electron chi connectivity index (χ1n) is 8.76. The molecule has 1 fully saturated rings. The minimum absolute atomic E-state index is 0.0530. The molecule has 26 heavy (non-hydrogen) atoms. The molecule has 0 spiro atoms. The quantitative estimate of drug-likeness (QED) is 0.772. The van der Waals surface area contributed by atoms with Crippen molar-refractivity contribution in [2.75, 3.05) is 33.5 Å². The van der Waals surface area contributed by atoms with E-state index in [2.05, 4.69) is 16.8 Å². The van der Waals surface area contributed by atoms with Gasteiger partial charge in [0.15, 0.2) is 0 Å². The molecule has 0 aliphatic carbocycles. The van der Waals surface area contributed by atoms with E-state index in [-0.39, 0.29) is 6.10 Å². The summed E-state index contributed by atoms with van der Waals surface area (Å²) in [6.07, 6.45) is 0.790. The Morgan fingerprint density at radius 3 is 2.73 bits per heavy atom. The van der Waals surface area contributed by atoms with E-state index in [1.54, 1.807) is 13.2 Å². The Balaban J connectivity index is 1.76. The van der Waals surface area contributed by atoms with Crippen molar-refractivity contribution in [3.05, 3.63) is 42.0 Å². The molecule has 1 aromatic heterocycles. The van der Waals surface area contributed by atoms with Gasteiger partial charge in [-0.3, -0.25) is 0 Å². The van der Waals surface area contributed by atoms with Crippen molar-refractivity contribution in [1.82, 2.24) is 4.98 Å². The Morgan fingerprint density at radius 2 is 2.04 bits per heavy atom. The number of hydrogen-bond acceptors (Lipinski definition) is 5. The van der Waals surface area contributed by atoms with Crippen LogP contribution in [0.1, 0.15) is 18.9 Å². The lowest BCUT2D eigenvalue weighted by Gasteiger charge is -2.23. The van der Waals surface area contributed by atoms with Crippen LogP contribution in [0.15, 0.2) is 36.4 Å². The van der Waals surface area contributed by atoms with Crippen LogP contribution < -0.4 is 9.47 Å². The Hall–Kier alpha value is -2.55. The number of ether oxygens (including phenoxy) is 4. The van der Waals surface area contributed by atoms with Crippen LogP contribution in [0.2, 0.25) is 0 Å². The molecular formula is C21H23NO4. The van der Waals surface area contributed by atoms with Crippen molar-refractivity contribution in [2.24, 2.45) is 0 Å². The fourth-order valence-electron chi connectivity index (χ4n) is 2.55. The van der Waals surface area contributed by atoms with E-state index in [0.29, 0.717) is 38.1 Å². The van der Waals surface area contributed by atoms with E-state index >= 15 is 0 Å². The number of nitrogens with zero attached hydrogens (tertiary/aromatic N) is 1. The molecule has 0 N–H and O–H groups in total. The smallest absolute Gasteiger partial charge is 0.217 e. The predicted octanol–water partition coefficient (Wildman–Crippen LogP) is 3.31. The zero-order valence-electron chi connectivity index (χ0n) is 15.2. The molecular weight excluding hydrogens is 330 g/mol. The largest absolute Gasteiger partial charge is 0.491 e. The average Bonchev–Trinajstić information content (AvgIpc) is 2.71. The summed E-state index contributed by atoms with van der Waals surface area (Å²) in [4.78, 5) is 4.51. The molecule has 5 heteroatoms. The van der Waals surface area contributed by atoms with Gasteiger partial charge in [-0.2, -0.15) is 0 Å². The van der Waals surface area contributed by atoms with E-state index < -0.39 is 0 Å². The molecule has 1 saturated heterocycles. The highest BCUT2D eigenvalue weighted by atomic mass is 16.6. The molecule has 1 aliphatic rings. The predicted molar refractivity (Wildman–Crippen MR) is 99.4 cm³/mol. The van der Waals surface area contributed by atoms with Crippen molar-refractivity contribution in [2.45, 2.75) is 19.4 Å². The molecule has 3 rings (SSSR count). The Bertz CT molecular complexity index is 771. The number of methoxy groups -OCH3 is 1. The zero-order valence-corrected chi connectivity index (χ0v) is 15.2. The van der Waals surface area contributed by atoms with Crippen molar-refractivity contribution >= 4 is 0 Å². The maximum atomic E-state index is 5.88. The van der Waals surface area contributed by atoms with Gasteiger partial charge in [0.1, 0.15) is 18.5 Å². The topological polar surface area (TPSA) is 49.8 Å². The lowest BCUT2D eigenvalue weighted by atomic mass is 10.1. The third-order valence-electron chi connectivity index (χ3n) is 3.90. The molecule has 0 bridgehead atoms. The fraction of sp³-hybridized carbons (Fsp3) is 0.381. The Labute approximate surface area is 154 Å². The molecule has 0 amide bonds. The van der Waals surface area contributed by atoms with Gasteiger partial charge in [-0.1, -0.05) is 30.9 Å². The van der Waals surface area contributed by atoms with Gasteiger partial charge < -0.3 is 18.9 Å². The van der Waals surface area contributed by atoms with Crippen LogP contribution in [-0.2, 0) is 9.47 Å². The van der Waals surface area contributed by atoms with Crippen LogP contribution in [0.5, 0.6) is 11.6 Å². The summed E-state index contributed by atoms with van der Waals surface area (Å²) in [7, 11) is 1.59. The third kappa shape index (κ3) is 4.98. The highest BCUT2D eigenvalue weighted by Gasteiger charge is 2.15. The van der Waals surface area contributed by atoms with Gasteiger partial charge in [-0.15, -0.1) is 0 Å². The number of hydrogen-bond donors (Lipinski definition) is 0. The van der Waals surface area contributed by atoms with Crippen molar-refractivity contribution in [3.8, 4) is 34.7 Å². The van der Waals surface area contributed by atoms with E-state index in [0.717, 1.165) is 23.2 Å². The first-order chi connectivity index (χ1) is 12.8. The summed E-state index contributed by atoms with van der Waals surface area (Å²) < 4.78 is 22.2. The van der Waals surface area contributed by atoms with E-state index in [9.17, 15) is 0 Å². The summed E-state index contributed by atoms with van der Waals surface area (Å²) in [5.41, 5.74) is 2.76. The summed E-state index contributed by atoms with van der Waals surface area (Å²) in [5.74, 6) is 7.39. The van der Waals surface area contributed by atoms with Gasteiger partial charge in [0.05, 0.1) is 32.6 Å². The van der Waals surface area contributed by atoms with Crippen LogP contribution >= 0.6 is 0 Å². The highest BCUT2D eigenvalue weighted by Crippen LogP contribution is 2.27. The standard InChI is InChI=1S/C21H23NO4/c1-3-4-5-16-6-8-17(9-7-16)20-12-18(13-21(22-20)23-2)26-15-19-14-24-10-11-25-19/h6-9,12-13,19H,3,10-11,14-15H2,1-2H3. The van der Waals surface area contributed by atoms with E-state index in [4.69, 9.17) is 18.9 Å². The first kappa shape index (κ1) is 18.2. The second kappa shape index (κ2) is 9.23. The Kier molecular flexibility index (Phi) is 6.48. The highest BCUT2D eigenvalue weighted by molar-refractivity contribution is 5.63. The van der Waals surface area contributed by atoms with Crippen LogP contribution in [0.4, 0.5) is 0 Å². The number of pyridine rings is 1. The maximum Gasteiger partial charge on any atom is 0.217 e. The molecule has 1 atom stereocenters. The average molecular weight is 353 g/mol. The molecule has 0 radical (unpaired) electrons. The third-order valence-corrected chi connectivity index (χ3v) is 3.90. The van der Waals surface area contributed by atoms with E-state index in [1.165, 1.54) is 0 Å². The van der Waals surface area contributed by atoms with Crippen LogP contribution in [0, 0.1) is 11.8 Å². The van der Waals surface area contributed by atoms with Gasteiger partial charge in [0, 0.05) is 29.7 Å². The van der Waals surface area contributed by atoms with Crippen LogP contribution in [0.25, 0.3) is 11.3 Å². The van der Waals surface area contributed by atoms with Crippen molar-refractivity contribution in [3.63, 3.8) is 0 Å². The van der Waals surface area contributed by atoms with Gasteiger partial charge in [-0.25, -0.2) is 4.98 Å². The van der Waals surface area contributed by atoms with E-state index in [1.807, 2.05) is 37.3 Å². The minimum atomic E-state index is -0.0530. The molecule has 0 saturated carbocycles. The van der Waals surface area contributed by atoms with Crippen molar-refractivity contribution in [1.29, 1.82) is 0 Å². The number of rotatable bonds is 5. The summed E-state index contributed by atoms with van der Waals surface area (Å²) in [6.45, 7) is 4.26. The lowest BCUT2D eigenvalue weighted by molar-refractivity contribution is -0.101. The van der Waals surface area contributed by atoms with Crippen LogP contribution in [0.3, 0.4) is 0 Å². The first-order valence-corrected chi connectivity index (χ1v) is 8.76. The summed E-state index contributed by atoms with van der Waals surface area (Å²) in [6, 6.07) is 11.7. The van der Waals surface area contributed by atoms with Crippen LogP contribution in [-0.4, -0.2) is 44.6 Å². The summed E-state index contributed by atoms with van der Waals surface area (Å²) in [5, 5.41) is 0. The molecule has 1 unspecified atom stereocenters. The van der Waals surface area contributed by atoms with Gasteiger partial charge in [0.25, 0.3) is 0 Å². The fourth-order valence-corrected chi connectivity index (χ4v) is 2.55. The van der Waals surface area contributed by atoms with Gasteiger partial charge in [0.2, 0.25) is 5.88 Å². The SMILES string of the molecule is CCC#Cc1ccc(-c2cc(OCC3COCCO3)cc(OC)n2)cc1. The zero-order chi connectivity index (χ0) is 18.2. The maximum absolute atomic E-state index is 5.88. The van der Waals surface area contributed by atoms with Gasteiger partial charge in [-0.05, 0) is 12.1 Å². The molecule has 1 aliphatic heterocycles. The number of benzene rings is 1. The number of aromatic nitrogens is 1.